The summed E-state index contributed by atoms with van der Waals surface area (Å²) in [4.78, 5) is 8.44. The first-order valence-corrected chi connectivity index (χ1v) is 8.73. The lowest BCUT2D eigenvalue weighted by molar-refractivity contribution is -0.0526. The van der Waals surface area contributed by atoms with Gasteiger partial charge in [0, 0.05) is 10.9 Å². The zero-order chi connectivity index (χ0) is 21.1. The van der Waals surface area contributed by atoms with Crippen molar-refractivity contribution in [1.29, 1.82) is 0 Å². The third kappa shape index (κ3) is 3.66. The number of ether oxygens (including phenoxy) is 3. The van der Waals surface area contributed by atoms with Gasteiger partial charge in [0.25, 0.3) is 0 Å². The van der Waals surface area contributed by atoms with E-state index in [0.29, 0.717) is 28.1 Å². The molecule has 0 saturated heterocycles. The van der Waals surface area contributed by atoms with Crippen LogP contribution in [0.15, 0.2) is 52.2 Å². The molecule has 4 rings (SSSR count). The molecule has 154 valence electrons. The van der Waals surface area contributed by atoms with E-state index in [2.05, 4.69) is 25.2 Å². The van der Waals surface area contributed by atoms with Crippen molar-refractivity contribution in [1.82, 2.24) is 9.97 Å². The Morgan fingerprint density at radius 3 is 2.53 bits per heavy atom. The second-order valence-electron chi connectivity index (χ2n) is 6.00. The van der Waals surface area contributed by atoms with Gasteiger partial charge in [-0.2, -0.15) is 13.9 Å². The van der Waals surface area contributed by atoms with E-state index < -0.39 is 6.61 Å². The fraction of sp³-hybridized carbons (Fsp3) is 0.150. The Bertz CT molecular complexity index is 1200. The highest BCUT2D eigenvalue weighted by Gasteiger charge is 2.18. The van der Waals surface area contributed by atoms with Crippen molar-refractivity contribution >= 4 is 34.1 Å². The number of furan rings is 1. The summed E-state index contributed by atoms with van der Waals surface area (Å²) in [5.74, 6) is 0.347. The number of hydrogen-bond donors (Lipinski definition) is 1. The van der Waals surface area contributed by atoms with Gasteiger partial charge < -0.3 is 18.6 Å². The number of nitrogens with zero attached hydrogens (tertiary/aromatic N) is 3. The van der Waals surface area contributed by atoms with Gasteiger partial charge in [0.15, 0.2) is 22.9 Å². The fourth-order valence-corrected chi connectivity index (χ4v) is 2.95. The zero-order valence-corrected chi connectivity index (χ0v) is 15.9. The topological polar surface area (TPSA) is 91.0 Å². The van der Waals surface area contributed by atoms with Gasteiger partial charge in [-0.3, -0.25) is 5.43 Å². The molecule has 1 N–H and O–H groups in total. The minimum Gasteiger partial charge on any atom is -0.493 e. The quantitative estimate of drug-likeness (QED) is 0.353. The number of nitrogens with one attached hydrogen (secondary N) is 1. The lowest BCUT2D eigenvalue weighted by Gasteiger charge is -2.14. The molecule has 4 aromatic rings. The zero-order valence-electron chi connectivity index (χ0n) is 15.9. The summed E-state index contributed by atoms with van der Waals surface area (Å²) in [7, 11) is 2.68. The number of benzene rings is 2. The van der Waals surface area contributed by atoms with Crippen molar-refractivity contribution in [3.63, 3.8) is 0 Å². The van der Waals surface area contributed by atoms with Crippen LogP contribution in [0, 0.1) is 0 Å². The normalized spacial score (nSPS) is 11.5. The number of methoxy groups -OCH3 is 2. The molecule has 8 nitrogen and oxygen atoms in total. The maximum Gasteiger partial charge on any atom is 0.387 e. The number of fused-ring (bicyclic) bond motifs is 3. The summed E-state index contributed by atoms with van der Waals surface area (Å²) >= 11 is 0. The van der Waals surface area contributed by atoms with Crippen molar-refractivity contribution in [2.45, 2.75) is 6.61 Å². The van der Waals surface area contributed by atoms with Crippen LogP contribution in [0.4, 0.5) is 14.6 Å². The van der Waals surface area contributed by atoms with Crippen LogP contribution in [0.1, 0.15) is 5.56 Å². The maximum absolute atomic E-state index is 12.7. The van der Waals surface area contributed by atoms with Crippen LogP contribution >= 0.6 is 0 Å². The molecule has 2 aromatic heterocycles. The number of hydrazone groups is 1. The molecule has 0 atom stereocenters. The van der Waals surface area contributed by atoms with Gasteiger partial charge in [0.05, 0.1) is 20.4 Å². The second kappa shape index (κ2) is 8.19. The van der Waals surface area contributed by atoms with Crippen LogP contribution in [0.25, 0.3) is 22.1 Å². The number of halogens is 2. The van der Waals surface area contributed by atoms with Gasteiger partial charge >= 0.3 is 6.61 Å². The number of aromatic nitrogens is 2. The van der Waals surface area contributed by atoms with Crippen molar-refractivity contribution < 1.29 is 27.4 Å². The van der Waals surface area contributed by atoms with Crippen molar-refractivity contribution in [3.8, 4) is 17.2 Å². The van der Waals surface area contributed by atoms with Gasteiger partial charge in [0.2, 0.25) is 5.75 Å². The number of alkyl halides is 2. The van der Waals surface area contributed by atoms with Crippen molar-refractivity contribution in [3.05, 3.63) is 48.3 Å². The highest BCUT2D eigenvalue weighted by molar-refractivity contribution is 6.05. The Kier molecular flexibility index (Phi) is 5.29. The summed E-state index contributed by atoms with van der Waals surface area (Å²) in [5, 5.41) is 5.01. The highest BCUT2D eigenvalue weighted by Crippen LogP contribution is 2.39. The first-order valence-electron chi connectivity index (χ1n) is 8.73. The first kappa shape index (κ1) is 19.4. The molecule has 0 radical (unpaired) electrons. The summed E-state index contributed by atoms with van der Waals surface area (Å²) in [6.45, 7) is -3.02. The molecule has 0 aliphatic rings. The smallest absolute Gasteiger partial charge is 0.387 e. The Labute approximate surface area is 169 Å². The second-order valence-corrected chi connectivity index (χ2v) is 6.00. The third-order valence-corrected chi connectivity index (χ3v) is 4.23. The molecule has 0 fully saturated rings. The summed E-state index contributed by atoms with van der Waals surface area (Å²) < 4.78 is 45.9. The molecule has 0 spiro atoms. The van der Waals surface area contributed by atoms with Crippen LogP contribution < -0.4 is 19.6 Å². The molecule has 0 aliphatic heterocycles. The molecule has 2 heterocycles. The summed E-state index contributed by atoms with van der Waals surface area (Å²) in [6, 6.07) is 10.5. The van der Waals surface area contributed by atoms with Crippen LogP contribution in [-0.4, -0.2) is 37.0 Å². The Hall–Kier alpha value is -3.95. The van der Waals surface area contributed by atoms with Crippen molar-refractivity contribution in [2.24, 2.45) is 5.10 Å². The van der Waals surface area contributed by atoms with E-state index >= 15 is 0 Å². The highest BCUT2D eigenvalue weighted by atomic mass is 19.3. The lowest BCUT2D eigenvalue weighted by Crippen LogP contribution is -2.06. The largest absolute Gasteiger partial charge is 0.493 e. The average Bonchev–Trinajstić information content (AvgIpc) is 3.13. The molecule has 0 saturated carbocycles. The molecule has 0 amide bonds. The third-order valence-electron chi connectivity index (χ3n) is 4.23. The van der Waals surface area contributed by atoms with Crippen LogP contribution in [-0.2, 0) is 0 Å². The first-order chi connectivity index (χ1) is 14.6. The van der Waals surface area contributed by atoms with Crippen LogP contribution in [0.2, 0.25) is 0 Å². The molecule has 0 aliphatic carbocycles. The van der Waals surface area contributed by atoms with Gasteiger partial charge in [-0.15, -0.1) is 0 Å². The van der Waals surface area contributed by atoms with E-state index in [1.165, 1.54) is 38.9 Å². The lowest BCUT2D eigenvalue weighted by atomic mass is 10.2. The Morgan fingerprint density at radius 1 is 1.10 bits per heavy atom. The predicted octanol–water partition coefficient (Wildman–Crippen LogP) is 4.44. The molecular formula is C20H16F2N4O4. The summed E-state index contributed by atoms with van der Waals surface area (Å²) in [6.07, 6.45) is 2.86. The molecular weight excluding hydrogens is 398 g/mol. The Morgan fingerprint density at radius 2 is 1.83 bits per heavy atom. The average molecular weight is 414 g/mol. The molecule has 10 heteroatoms. The Balaban J connectivity index is 1.63. The number of rotatable bonds is 7. The van der Waals surface area contributed by atoms with Crippen LogP contribution in [0.3, 0.4) is 0 Å². The van der Waals surface area contributed by atoms with E-state index in [1.807, 2.05) is 24.3 Å². The van der Waals surface area contributed by atoms with Gasteiger partial charge in [-0.25, -0.2) is 9.97 Å². The van der Waals surface area contributed by atoms with Gasteiger partial charge in [0.1, 0.15) is 17.4 Å². The predicted molar refractivity (Wildman–Crippen MR) is 107 cm³/mol. The molecule has 30 heavy (non-hydrogen) atoms. The fourth-order valence-electron chi connectivity index (χ4n) is 2.95. The van der Waals surface area contributed by atoms with Gasteiger partial charge in [-0.05, 0) is 24.3 Å². The van der Waals surface area contributed by atoms with E-state index in [1.54, 1.807) is 0 Å². The maximum atomic E-state index is 12.7. The van der Waals surface area contributed by atoms with Gasteiger partial charge in [-0.1, -0.05) is 12.1 Å². The van der Waals surface area contributed by atoms with E-state index in [4.69, 9.17) is 13.9 Å². The van der Waals surface area contributed by atoms with E-state index in [0.717, 1.165) is 5.39 Å². The molecule has 0 unspecified atom stereocenters. The molecule has 0 bridgehead atoms. The van der Waals surface area contributed by atoms with E-state index in [9.17, 15) is 8.78 Å². The SMILES string of the molecule is COc1cc(/C=N\Nc2ncnc3c2oc2ccccc23)cc(OC)c1OC(F)F. The van der Waals surface area contributed by atoms with E-state index in [-0.39, 0.29) is 17.2 Å². The number of hydrogen-bond acceptors (Lipinski definition) is 8. The minimum absolute atomic E-state index is 0.0813. The van der Waals surface area contributed by atoms with Crippen LogP contribution in [0.5, 0.6) is 17.2 Å². The molecule has 2 aromatic carbocycles. The number of anilines is 1. The summed E-state index contributed by atoms with van der Waals surface area (Å²) in [5.41, 5.74) is 5.14. The monoisotopic (exact) mass is 414 g/mol. The standard InChI is InChI=1S/C20H16F2N4O4/c1-27-14-7-11(8-15(28-2)17(14)30-20(21)22)9-25-26-19-18-16(23-10-24-19)12-5-3-4-6-13(12)29-18/h3-10,20H,1-2H3,(H,23,24,26)/b25-9-. The van der Waals surface area contributed by atoms with Crippen molar-refractivity contribution in [2.75, 3.05) is 19.6 Å². The number of para-hydroxylation sites is 1. The minimum atomic E-state index is -3.02.